The Bertz CT molecular complexity index is 151. The Labute approximate surface area is 103 Å². The fourth-order valence-corrected chi connectivity index (χ4v) is 1.49. The number of nitrogens with zero attached hydrogens (tertiary/aromatic N) is 1. The van der Waals surface area contributed by atoms with Gasteiger partial charge in [-0.15, -0.1) is 0 Å². The fraction of sp³-hybridized carbons (Fsp3) is 0.929. The maximum atomic E-state index is 9.39. The Kier molecular flexibility index (Phi) is 21.9. The lowest BCUT2D eigenvalue weighted by Gasteiger charge is -2.23. The van der Waals surface area contributed by atoms with Gasteiger partial charge in [-0.2, -0.15) is 5.26 Å². The van der Waals surface area contributed by atoms with Crippen LogP contribution in [0.4, 0.5) is 0 Å². The zero-order valence-corrected chi connectivity index (χ0v) is 12.2. The largest absolute Gasteiger partial charge is 0.378 e. The highest BCUT2D eigenvalue weighted by atomic mass is 16.3. The van der Waals surface area contributed by atoms with E-state index in [2.05, 4.69) is 20.8 Å². The lowest BCUT2D eigenvalue weighted by molar-refractivity contribution is 0.114. The number of hydrogen-bond donors (Lipinski definition) is 1. The standard InChI is InChI=1S/C10H19NO.2C2H6/c1-4-6-9(8(3)5-2)10(12)7-11;2*1-2/h8-10,12H,4-6H2,1-3H3;2*1-2H3. The molecule has 0 bridgehead atoms. The highest BCUT2D eigenvalue weighted by molar-refractivity contribution is 4.89. The summed E-state index contributed by atoms with van der Waals surface area (Å²) in [6.45, 7) is 14.3. The third kappa shape index (κ3) is 9.98. The van der Waals surface area contributed by atoms with E-state index in [4.69, 9.17) is 5.26 Å². The van der Waals surface area contributed by atoms with Crippen molar-refractivity contribution in [3.05, 3.63) is 0 Å². The van der Waals surface area contributed by atoms with Crippen LogP contribution >= 0.6 is 0 Å². The summed E-state index contributed by atoms with van der Waals surface area (Å²) in [5.74, 6) is 0.601. The Balaban J connectivity index is -0.000000376. The van der Waals surface area contributed by atoms with Crippen LogP contribution in [-0.4, -0.2) is 11.2 Å². The molecule has 2 heteroatoms. The van der Waals surface area contributed by atoms with Gasteiger partial charge in [0.15, 0.2) is 0 Å². The van der Waals surface area contributed by atoms with Gasteiger partial charge in [0, 0.05) is 5.92 Å². The summed E-state index contributed by atoms with van der Waals surface area (Å²) in [6.07, 6.45) is 2.24. The van der Waals surface area contributed by atoms with Crippen molar-refractivity contribution in [3.8, 4) is 6.07 Å². The van der Waals surface area contributed by atoms with E-state index in [1.54, 1.807) is 0 Å². The summed E-state index contributed by atoms with van der Waals surface area (Å²) in [5.41, 5.74) is 0. The third-order valence-electron chi connectivity index (χ3n) is 2.53. The van der Waals surface area contributed by atoms with Gasteiger partial charge in [0.2, 0.25) is 0 Å². The zero-order chi connectivity index (χ0) is 13.6. The van der Waals surface area contributed by atoms with Crippen LogP contribution in [0.15, 0.2) is 0 Å². The molecule has 0 aliphatic carbocycles. The monoisotopic (exact) mass is 229 g/mol. The molecule has 3 atom stereocenters. The van der Waals surface area contributed by atoms with Gasteiger partial charge in [-0.25, -0.2) is 0 Å². The maximum absolute atomic E-state index is 9.39. The van der Waals surface area contributed by atoms with Gasteiger partial charge in [0.1, 0.15) is 6.10 Å². The average Bonchev–Trinajstić information content (AvgIpc) is 2.38. The van der Waals surface area contributed by atoms with E-state index in [1.165, 1.54) is 0 Å². The van der Waals surface area contributed by atoms with Crippen molar-refractivity contribution in [1.29, 1.82) is 5.26 Å². The van der Waals surface area contributed by atoms with Gasteiger partial charge in [-0.3, -0.25) is 0 Å². The molecule has 0 amide bonds. The average molecular weight is 229 g/mol. The summed E-state index contributed by atoms with van der Waals surface area (Å²) in [4.78, 5) is 0. The molecular weight excluding hydrogens is 198 g/mol. The molecule has 0 rings (SSSR count). The van der Waals surface area contributed by atoms with Crippen LogP contribution < -0.4 is 0 Å². The van der Waals surface area contributed by atoms with Crippen molar-refractivity contribution < 1.29 is 5.11 Å². The van der Waals surface area contributed by atoms with Crippen LogP contribution in [-0.2, 0) is 0 Å². The Hall–Kier alpha value is -0.550. The molecule has 0 saturated heterocycles. The fourth-order valence-electron chi connectivity index (χ4n) is 1.49. The lowest BCUT2D eigenvalue weighted by Crippen LogP contribution is -2.24. The SMILES string of the molecule is CC.CC.CCCC(C(O)C#N)C(C)CC. The quantitative estimate of drug-likeness (QED) is 0.711. The summed E-state index contributed by atoms with van der Waals surface area (Å²) in [5, 5.41) is 18.0. The van der Waals surface area contributed by atoms with Crippen molar-refractivity contribution >= 4 is 0 Å². The van der Waals surface area contributed by atoms with E-state index in [9.17, 15) is 5.11 Å². The topological polar surface area (TPSA) is 44.0 Å². The summed E-state index contributed by atoms with van der Waals surface area (Å²) in [7, 11) is 0. The number of aliphatic hydroxyl groups excluding tert-OH is 1. The molecule has 0 aliphatic heterocycles. The van der Waals surface area contributed by atoms with E-state index in [1.807, 2.05) is 33.8 Å². The molecule has 0 radical (unpaired) electrons. The number of rotatable bonds is 5. The molecule has 0 fully saturated rings. The van der Waals surface area contributed by atoms with Crippen LogP contribution in [0.5, 0.6) is 0 Å². The van der Waals surface area contributed by atoms with Gasteiger partial charge in [0.25, 0.3) is 0 Å². The Morgan fingerprint density at radius 1 is 1.12 bits per heavy atom. The first-order chi connectivity index (χ1) is 7.67. The molecule has 0 heterocycles. The van der Waals surface area contributed by atoms with E-state index < -0.39 is 6.10 Å². The first-order valence-corrected chi connectivity index (χ1v) is 6.75. The second-order valence-electron chi connectivity index (χ2n) is 3.41. The van der Waals surface area contributed by atoms with Gasteiger partial charge >= 0.3 is 0 Å². The van der Waals surface area contributed by atoms with Gasteiger partial charge in [-0.1, -0.05) is 61.3 Å². The predicted octanol–water partition coefficient (Wildman–Crippen LogP) is 4.39. The third-order valence-corrected chi connectivity index (χ3v) is 2.53. The molecule has 0 aromatic carbocycles. The lowest BCUT2D eigenvalue weighted by atomic mass is 9.84. The minimum atomic E-state index is -0.778. The summed E-state index contributed by atoms with van der Waals surface area (Å²) >= 11 is 0. The number of hydrogen-bond acceptors (Lipinski definition) is 2. The molecule has 98 valence electrons. The van der Waals surface area contributed by atoms with Crippen molar-refractivity contribution in [2.75, 3.05) is 0 Å². The summed E-state index contributed by atoms with van der Waals surface area (Å²) in [6, 6.07) is 1.92. The molecule has 2 nitrogen and oxygen atoms in total. The van der Waals surface area contributed by atoms with E-state index >= 15 is 0 Å². The highest BCUT2D eigenvalue weighted by Gasteiger charge is 2.22. The first kappa shape index (κ1) is 20.8. The summed E-state index contributed by atoms with van der Waals surface area (Å²) < 4.78 is 0. The van der Waals surface area contributed by atoms with Crippen LogP contribution in [0.2, 0.25) is 0 Å². The number of nitriles is 1. The molecule has 0 spiro atoms. The van der Waals surface area contributed by atoms with Gasteiger partial charge in [-0.05, 0) is 12.3 Å². The van der Waals surface area contributed by atoms with Crippen molar-refractivity contribution in [1.82, 2.24) is 0 Å². The van der Waals surface area contributed by atoms with E-state index in [0.29, 0.717) is 5.92 Å². The molecule has 1 N–H and O–H groups in total. The molecule has 0 aromatic rings. The maximum Gasteiger partial charge on any atom is 0.143 e. The zero-order valence-electron chi connectivity index (χ0n) is 12.2. The molecule has 0 aliphatic rings. The predicted molar refractivity (Wildman–Crippen MR) is 72.2 cm³/mol. The van der Waals surface area contributed by atoms with Crippen molar-refractivity contribution in [2.45, 2.75) is 73.8 Å². The molecule has 0 aromatic heterocycles. The minimum Gasteiger partial charge on any atom is -0.378 e. The van der Waals surface area contributed by atoms with Gasteiger partial charge in [0.05, 0.1) is 6.07 Å². The van der Waals surface area contributed by atoms with Crippen LogP contribution in [0.25, 0.3) is 0 Å². The van der Waals surface area contributed by atoms with Crippen molar-refractivity contribution in [2.24, 2.45) is 11.8 Å². The Morgan fingerprint density at radius 3 is 1.81 bits per heavy atom. The van der Waals surface area contributed by atoms with Crippen LogP contribution in [0, 0.1) is 23.2 Å². The van der Waals surface area contributed by atoms with Crippen LogP contribution in [0.3, 0.4) is 0 Å². The molecule has 16 heavy (non-hydrogen) atoms. The molecular formula is C14H31NO. The van der Waals surface area contributed by atoms with Gasteiger partial charge < -0.3 is 5.11 Å². The molecule has 0 saturated carbocycles. The normalized spacial score (nSPS) is 14.2. The first-order valence-electron chi connectivity index (χ1n) is 6.75. The highest BCUT2D eigenvalue weighted by Crippen LogP contribution is 2.23. The van der Waals surface area contributed by atoms with Crippen molar-refractivity contribution in [3.63, 3.8) is 0 Å². The molecule has 3 unspecified atom stereocenters. The smallest absolute Gasteiger partial charge is 0.143 e. The second kappa shape index (κ2) is 16.9. The van der Waals surface area contributed by atoms with Crippen LogP contribution in [0.1, 0.15) is 67.7 Å². The Morgan fingerprint density at radius 2 is 1.56 bits per heavy atom. The van der Waals surface area contributed by atoms with E-state index in [0.717, 1.165) is 19.3 Å². The number of aliphatic hydroxyl groups is 1. The minimum absolute atomic E-state index is 0.157. The second-order valence-corrected chi connectivity index (χ2v) is 3.41. The van der Waals surface area contributed by atoms with E-state index in [-0.39, 0.29) is 5.92 Å².